The van der Waals surface area contributed by atoms with Crippen molar-refractivity contribution in [1.82, 2.24) is 5.32 Å². The van der Waals surface area contributed by atoms with Crippen molar-refractivity contribution < 1.29 is 14.6 Å². The summed E-state index contributed by atoms with van der Waals surface area (Å²) < 4.78 is 5.60. The van der Waals surface area contributed by atoms with Crippen LogP contribution < -0.4 is 5.32 Å². The molecule has 0 bridgehead atoms. The molecule has 2 aliphatic carbocycles. The van der Waals surface area contributed by atoms with E-state index in [1.807, 2.05) is 24.3 Å². The van der Waals surface area contributed by atoms with Crippen molar-refractivity contribution in [2.45, 2.75) is 44.1 Å². The number of carbonyl (C=O) groups is 1. The molecular weight excluding hydrogens is 338 g/mol. The Balaban J connectivity index is 1.41. The normalized spacial score (nSPS) is 17.8. The number of rotatable bonds is 5. The molecule has 0 spiro atoms. The molecule has 27 heavy (non-hydrogen) atoms. The summed E-state index contributed by atoms with van der Waals surface area (Å²) >= 11 is 0. The molecule has 0 saturated heterocycles. The molecule has 142 valence electrons. The Labute approximate surface area is 160 Å². The van der Waals surface area contributed by atoms with Crippen molar-refractivity contribution in [2.75, 3.05) is 13.2 Å². The van der Waals surface area contributed by atoms with E-state index >= 15 is 0 Å². The lowest BCUT2D eigenvalue weighted by Gasteiger charge is -2.29. The molecule has 1 amide bonds. The van der Waals surface area contributed by atoms with Gasteiger partial charge in [-0.15, -0.1) is 0 Å². The van der Waals surface area contributed by atoms with Crippen LogP contribution in [0.2, 0.25) is 0 Å². The van der Waals surface area contributed by atoms with Gasteiger partial charge in [0.1, 0.15) is 6.61 Å². The van der Waals surface area contributed by atoms with E-state index in [2.05, 4.69) is 29.6 Å². The minimum Gasteiger partial charge on any atom is -0.449 e. The first-order valence-corrected chi connectivity index (χ1v) is 10.0. The van der Waals surface area contributed by atoms with Gasteiger partial charge in [-0.1, -0.05) is 67.8 Å². The summed E-state index contributed by atoms with van der Waals surface area (Å²) in [5.74, 6) is 0.412. The van der Waals surface area contributed by atoms with E-state index in [-0.39, 0.29) is 18.6 Å². The summed E-state index contributed by atoms with van der Waals surface area (Å²) in [6, 6.07) is 16.4. The quantitative estimate of drug-likeness (QED) is 0.822. The van der Waals surface area contributed by atoms with Crippen LogP contribution in [0.4, 0.5) is 4.79 Å². The number of hydrogen-bond donors (Lipinski definition) is 2. The number of carbonyl (C=O) groups excluding carboxylic acids is 1. The van der Waals surface area contributed by atoms with Crippen molar-refractivity contribution in [1.29, 1.82) is 0 Å². The molecule has 1 atom stereocenters. The van der Waals surface area contributed by atoms with E-state index in [1.54, 1.807) is 0 Å². The summed E-state index contributed by atoms with van der Waals surface area (Å²) in [5, 5.41) is 12.6. The van der Waals surface area contributed by atoms with E-state index in [4.69, 9.17) is 4.74 Å². The largest absolute Gasteiger partial charge is 0.449 e. The number of hydrogen-bond acceptors (Lipinski definition) is 3. The van der Waals surface area contributed by atoms with E-state index in [1.165, 1.54) is 41.5 Å². The van der Waals surface area contributed by atoms with Gasteiger partial charge < -0.3 is 15.2 Å². The highest BCUT2D eigenvalue weighted by molar-refractivity contribution is 5.79. The maximum Gasteiger partial charge on any atom is 0.407 e. The lowest BCUT2D eigenvalue weighted by Crippen LogP contribution is -2.44. The molecule has 0 aromatic heterocycles. The van der Waals surface area contributed by atoms with Gasteiger partial charge in [0.25, 0.3) is 0 Å². The number of aliphatic hydroxyl groups is 1. The van der Waals surface area contributed by atoms with Gasteiger partial charge in [-0.2, -0.15) is 0 Å². The molecule has 4 nitrogen and oxygen atoms in total. The highest BCUT2D eigenvalue weighted by atomic mass is 16.5. The molecular formula is C23H27NO3. The van der Waals surface area contributed by atoms with Crippen LogP contribution in [-0.2, 0) is 4.74 Å². The summed E-state index contributed by atoms with van der Waals surface area (Å²) in [6.07, 6.45) is 5.30. The molecule has 2 N–H and O–H groups in total. The molecule has 2 aromatic carbocycles. The molecule has 0 radical (unpaired) electrons. The molecule has 2 aliphatic rings. The zero-order chi connectivity index (χ0) is 18.6. The Hall–Kier alpha value is -2.33. The minimum atomic E-state index is -0.429. The van der Waals surface area contributed by atoms with Crippen molar-refractivity contribution >= 4 is 6.09 Å². The molecule has 1 fully saturated rings. The second-order valence-electron chi connectivity index (χ2n) is 7.66. The number of amides is 1. The Bertz CT molecular complexity index is 752. The maximum atomic E-state index is 12.4. The van der Waals surface area contributed by atoms with Gasteiger partial charge in [-0.25, -0.2) is 4.79 Å². The first kappa shape index (κ1) is 18.1. The van der Waals surface area contributed by atoms with Gasteiger partial charge in [0.05, 0.1) is 12.6 Å². The van der Waals surface area contributed by atoms with Gasteiger partial charge in [0, 0.05) is 5.92 Å². The van der Waals surface area contributed by atoms with Crippen molar-refractivity contribution in [2.24, 2.45) is 5.92 Å². The van der Waals surface area contributed by atoms with Crippen molar-refractivity contribution in [3.63, 3.8) is 0 Å². The van der Waals surface area contributed by atoms with E-state index in [0.29, 0.717) is 12.5 Å². The van der Waals surface area contributed by atoms with Crippen molar-refractivity contribution in [3.8, 4) is 11.1 Å². The third kappa shape index (κ3) is 3.72. The Morgan fingerprint density at radius 3 is 2.19 bits per heavy atom. The first-order valence-electron chi connectivity index (χ1n) is 10.0. The average molecular weight is 365 g/mol. The minimum absolute atomic E-state index is 0.0329. The smallest absolute Gasteiger partial charge is 0.407 e. The number of nitrogens with one attached hydrogen (secondary N) is 1. The molecule has 1 unspecified atom stereocenters. The predicted molar refractivity (Wildman–Crippen MR) is 106 cm³/mol. The summed E-state index contributed by atoms with van der Waals surface area (Å²) in [7, 11) is 0. The summed E-state index contributed by atoms with van der Waals surface area (Å²) in [6.45, 7) is 0.275. The van der Waals surface area contributed by atoms with Crippen LogP contribution >= 0.6 is 0 Å². The number of alkyl carbamates (subject to hydrolysis) is 1. The molecule has 4 heteroatoms. The zero-order valence-electron chi connectivity index (χ0n) is 15.6. The highest BCUT2D eigenvalue weighted by Crippen LogP contribution is 2.44. The van der Waals surface area contributed by atoms with Crippen LogP contribution in [0.3, 0.4) is 0 Å². The van der Waals surface area contributed by atoms with Gasteiger partial charge in [0.2, 0.25) is 0 Å². The van der Waals surface area contributed by atoms with Gasteiger partial charge in [-0.05, 0) is 41.0 Å². The number of fused-ring (bicyclic) bond motifs is 3. The van der Waals surface area contributed by atoms with Crippen LogP contribution in [0, 0.1) is 5.92 Å². The molecule has 0 aliphatic heterocycles. The van der Waals surface area contributed by atoms with Gasteiger partial charge in [0.15, 0.2) is 0 Å². The van der Waals surface area contributed by atoms with Crippen LogP contribution in [0.5, 0.6) is 0 Å². The second-order valence-corrected chi connectivity index (χ2v) is 7.66. The lowest BCUT2D eigenvalue weighted by molar-refractivity contribution is 0.117. The third-order valence-electron chi connectivity index (χ3n) is 6.06. The van der Waals surface area contributed by atoms with Crippen LogP contribution in [0.25, 0.3) is 11.1 Å². The Kier molecular flexibility index (Phi) is 5.44. The molecule has 0 heterocycles. The van der Waals surface area contributed by atoms with E-state index in [9.17, 15) is 9.90 Å². The SMILES string of the molecule is O=C(NC(CO)C1CCCCC1)OCC1c2ccccc2-c2ccccc21. The third-order valence-corrected chi connectivity index (χ3v) is 6.06. The van der Waals surface area contributed by atoms with Gasteiger partial charge in [-0.3, -0.25) is 0 Å². The van der Waals surface area contributed by atoms with Crippen LogP contribution in [0.15, 0.2) is 48.5 Å². The number of benzene rings is 2. The fraction of sp³-hybridized carbons (Fsp3) is 0.435. The predicted octanol–water partition coefficient (Wildman–Crippen LogP) is 4.47. The zero-order valence-corrected chi connectivity index (χ0v) is 15.6. The number of aliphatic hydroxyl groups excluding tert-OH is 1. The molecule has 4 rings (SSSR count). The van der Waals surface area contributed by atoms with Gasteiger partial charge >= 0.3 is 6.09 Å². The second kappa shape index (κ2) is 8.13. The first-order chi connectivity index (χ1) is 13.3. The Morgan fingerprint density at radius 1 is 1.00 bits per heavy atom. The standard InChI is InChI=1S/C23H27NO3/c25-14-22(16-8-2-1-3-9-16)24-23(26)27-15-21-19-12-6-4-10-17(19)18-11-5-7-13-20(18)21/h4-7,10-13,16,21-22,25H,1-3,8-9,14-15H2,(H,24,26). The molecule has 1 saturated carbocycles. The molecule has 2 aromatic rings. The number of ether oxygens (including phenoxy) is 1. The Morgan fingerprint density at radius 2 is 1.59 bits per heavy atom. The summed E-state index contributed by atoms with van der Waals surface area (Å²) in [5.41, 5.74) is 4.85. The average Bonchev–Trinajstić information content (AvgIpc) is 3.05. The topological polar surface area (TPSA) is 58.6 Å². The fourth-order valence-corrected chi connectivity index (χ4v) is 4.64. The van der Waals surface area contributed by atoms with Crippen LogP contribution in [0.1, 0.15) is 49.1 Å². The highest BCUT2D eigenvalue weighted by Gasteiger charge is 2.30. The lowest BCUT2D eigenvalue weighted by atomic mass is 9.84. The fourth-order valence-electron chi connectivity index (χ4n) is 4.64. The van der Waals surface area contributed by atoms with Crippen molar-refractivity contribution in [3.05, 3.63) is 59.7 Å². The monoisotopic (exact) mass is 365 g/mol. The van der Waals surface area contributed by atoms with E-state index < -0.39 is 6.09 Å². The van der Waals surface area contributed by atoms with Crippen LogP contribution in [-0.4, -0.2) is 30.5 Å². The van der Waals surface area contributed by atoms with E-state index in [0.717, 1.165) is 12.8 Å². The summed E-state index contributed by atoms with van der Waals surface area (Å²) in [4.78, 5) is 12.4. The maximum absolute atomic E-state index is 12.4.